The average molecular weight is 270 g/mol. The second-order valence-corrected chi connectivity index (χ2v) is 5.89. The highest BCUT2D eigenvalue weighted by atomic mass is 15.1. The minimum Gasteiger partial charge on any atom is -0.399 e. The van der Waals surface area contributed by atoms with Crippen LogP contribution in [0.15, 0.2) is 24.3 Å². The van der Waals surface area contributed by atoms with Crippen LogP contribution in [0, 0.1) is 12.8 Å². The normalized spacial score (nSPS) is 19.6. The number of hydrogen-bond donors (Lipinski definition) is 2. The molecule has 20 heavy (non-hydrogen) atoms. The monoisotopic (exact) mass is 270 g/mol. The van der Waals surface area contributed by atoms with Crippen molar-refractivity contribution >= 4 is 22.3 Å². The number of nitrogens with two attached hydrogens (primary N) is 1. The summed E-state index contributed by atoms with van der Waals surface area (Å²) in [4.78, 5) is 6.95. The van der Waals surface area contributed by atoms with Crippen LogP contribution >= 0.6 is 0 Å². The van der Waals surface area contributed by atoms with Crippen LogP contribution in [0.5, 0.6) is 0 Å². The number of aryl methyl sites for hydroxylation is 1. The molecule has 4 heteroatoms. The van der Waals surface area contributed by atoms with Gasteiger partial charge in [0.2, 0.25) is 0 Å². The lowest BCUT2D eigenvalue weighted by Crippen LogP contribution is -2.19. The van der Waals surface area contributed by atoms with E-state index < -0.39 is 0 Å². The van der Waals surface area contributed by atoms with Crippen molar-refractivity contribution in [3.8, 4) is 0 Å². The Balaban J connectivity index is 1.84. The number of aromatic nitrogens is 1. The maximum atomic E-state index is 5.91. The Morgan fingerprint density at radius 2 is 2.25 bits per heavy atom. The van der Waals surface area contributed by atoms with Gasteiger partial charge < -0.3 is 16.0 Å². The Bertz CT molecular complexity index is 623. The largest absolute Gasteiger partial charge is 0.399 e. The quantitative estimate of drug-likeness (QED) is 0.841. The highest BCUT2D eigenvalue weighted by Crippen LogP contribution is 2.26. The predicted octanol–water partition coefficient (Wildman–Crippen LogP) is 2.49. The van der Waals surface area contributed by atoms with Gasteiger partial charge in [-0.2, -0.15) is 0 Å². The van der Waals surface area contributed by atoms with E-state index in [4.69, 9.17) is 5.73 Å². The van der Waals surface area contributed by atoms with E-state index in [1.807, 2.05) is 25.1 Å². The summed E-state index contributed by atoms with van der Waals surface area (Å²) in [6, 6.07) is 8.02. The first kappa shape index (κ1) is 13.2. The van der Waals surface area contributed by atoms with Gasteiger partial charge in [0.1, 0.15) is 0 Å². The third-order valence-corrected chi connectivity index (χ3v) is 4.03. The van der Waals surface area contributed by atoms with E-state index in [1.54, 1.807) is 0 Å². The SMILES string of the molecule is Cc1cc(NCC2CCN(C)C2)c2cc(N)ccc2n1. The van der Waals surface area contributed by atoms with Gasteiger partial charge in [0.25, 0.3) is 0 Å². The molecule has 0 saturated carbocycles. The van der Waals surface area contributed by atoms with Crippen LogP contribution in [-0.2, 0) is 0 Å². The topological polar surface area (TPSA) is 54.2 Å². The molecule has 1 aliphatic rings. The molecule has 0 amide bonds. The van der Waals surface area contributed by atoms with E-state index in [2.05, 4.69) is 28.3 Å². The molecule has 1 atom stereocenters. The molecule has 3 rings (SSSR count). The maximum absolute atomic E-state index is 5.91. The molecule has 1 unspecified atom stereocenters. The molecule has 2 heterocycles. The fourth-order valence-electron chi connectivity index (χ4n) is 2.97. The second-order valence-electron chi connectivity index (χ2n) is 5.89. The van der Waals surface area contributed by atoms with E-state index >= 15 is 0 Å². The second kappa shape index (κ2) is 5.29. The van der Waals surface area contributed by atoms with Crippen LogP contribution in [0.3, 0.4) is 0 Å². The van der Waals surface area contributed by atoms with E-state index in [0.717, 1.165) is 40.4 Å². The number of likely N-dealkylation sites (tertiary alicyclic amines) is 1. The Kier molecular flexibility index (Phi) is 3.49. The summed E-state index contributed by atoms with van der Waals surface area (Å²) in [5.74, 6) is 0.726. The van der Waals surface area contributed by atoms with Crippen LogP contribution in [0.25, 0.3) is 10.9 Å². The highest BCUT2D eigenvalue weighted by Gasteiger charge is 2.19. The minimum atomic E-state index is 0.726. The molecule has 4 nitrogen and oxygen atoms in total. The van der Waals surface area contributed by atoms with E-state index in [-0.39, 0.29) is 0 Å². The molecule has 0 aliphatic carbocycles. The van der Waals surface area contributed by atoms with Crippen molar-refractivity contribution in [3.63, 3.8) is 0 Å². The molecule has 1 fully saturated rings. The van der Waals surface area contributed by atoms with Crippen LogP contribution < -0.4 is 11.1 Å². The van der Waals surface area contributed by atoms with Crippen molar-refractivity contribution < 1.29 is 0 Å². The zero-order valence-corrected chi connectivity index (χ0v) is 12.2. The van der Waals surface area contributed by atoms with Crippen LogP contribution in [0.4, 0.5) is 11.4 Å². The lowest BCUT2D eigenvalue weighted by Gasteiger charge is -2.15. The van der Waals surface area contributed by atoms with E-state index in [9.17, 15) is 0 Å². The number of rotatable bonds is 3. The molecular formula is C16H22N4. The lowest BCUT2D eigenvalue weighted by atomic mass is 10.1. The van der Waals surface area contributed by atoms with Crippen LogP contribution in [0.2, 0.25) is 0 Å². The highest BCUT2D eigenvalue weighted by molar-refractivity contribution is 5.93. The first-order chi connectivity index (χ1) is 9.61. The van der Waals surface area contributed by atoms with Crippen molar-refractivity contribution in [2.24, 2.45) is 5.92 Å². The van der Waals surface area contributed by atoms with Gasteiger partial charge in [0.05, 0.1) is 5.52 Å². The summed E-state index contributed by atoms with van der Waals surface area (Å²) in [7, 11) is 2.19. The number of nitrogens with one attached hydrogen (secondary N) is 1. The van der Waals surface area contributed by atoms with Gasteiger partial charge in [0.15, 0.2) is 0 Å². The summed E-state index contributed by atoms with van der Waals surface area (Å²) >= 11 is 0. The Morgan fingerprint density at radius 1 is 1.40 bits per heavy atom. The van der Waals surface area contributed by atoms with Crippen LogP contribution in [0.1, 0.15) is 12.1 Å². The number of nitrogens with zero attached hydrogens (tertiary/aromatic N) is 2. The van der Waals surface area contributed by atoms with E-state index in [1.165, 1.54) is 19.5 Å². The fraction of sp³-hybridized carbons (Fsp3) is 0.438. The number of pyridine rings is 1. The number of fused-ring (bicyclic) bond motifs is 1. The number of nitrogen functional groups attached to an aromatic ring is 1. The predicted molar refractivity (Wildman–Crippen MR) is 85.0 cm³/mol. The standard InChI is InChI=1S/C16H22N4/c1-11-7-16(18-9-12-5-6-20(2)10-12)14-8-13(17)3-4-15(14)19-11/h3-4,7-8,12H,5-6,9-10,17H2,1-2H3,(H,18,19). The van der Waals surface area contributed by atoms with Gasteiger partial charge >= 0.3 is 0 Å². The molecule has 3 N–H and O–H groups in total. The lowest BCUT2D eigenvalue weighted by molar-refractivity contribution is 0.399. The van der Waals surface area contributed by atoms with Crippen molar-refractivity contribution in [2.45, 2.75) is 13.3 Å². The molecular weight excluding hydrogens is 248 g/mol. The van der Waals surface area contributed by atoms with E-state index in [0.29, 0.717) is 0 Å². The smallest absolute Gasteiger partial charge is 0.0727 e. The summed E-state index contributed by atoms with van der Waals surface area (Å²) in [6.07, 6.45) is 1.27. The first-order valence-corrected chi connectivity index (χ1v) is 7.21. The number of benzene rings is 1. The molecule has 2 aromatic rings. The maximum Gasteiger partial charge on any atom is 0.0727 e. The Hall–Kier alpha value is -1.81. The molecule has 1 aromatic heterocycles. The van der Waals surface area contributed by atoms with Crippen molar-refractivity contribution in [1.82, 2.24) is 9.88 Å². The molecule has 106 valence electrons. The van der Waals surface area contributed by atoms with Gasteiger partial charge in [-0.05, 0) is 57.1 Å². The van der Waals surface area contributed by atoms with Crippen molar-refractivity contribution in [2.75, 3.05) is 37.7 Å². The third kappa shape index (κ3) is 2.70. The Labute approximate surface area is 120 Å². The number of hydrogen-bond acceptors (Lipinski definition) is 4. The first-order valence-electron chi connectivity index (χ1n) is 7.21. The molecule has 0 radical (unpaired) electrons. The minimum absolute atomic E-state index is 0.726. The molecule has 1 saturated heterocycles. The Morgan fingerprint density at radius 3 is 3.00 bits per heavy atom. The van der Waals surface area contributed by atoms with Gasteiger partial charge in [-0.25, -0.2) is 0 Å². The van der Waals surface area contributed by atoms with Crippen LogP contribution in [-0.4, -0.2) is 36.6 Å². The van der Waals surface area contributed by atoms with Gasteiger partial charge in [-0.1, -0.05) is 0 Å². The molecule has 1 aromatic carbocycles. The average Bonchev–Trinajstić information content (AvgIpc) is 2.82. The van der Waals surface area contributed by atoms with Crippen molar-refractivity contribution in [1.29, 1.82) is 0 Å². The van der Waals surface area contributed by atoms with Gasteiger partial charge in [-0.3, -0.25) is 4.98 Å². The summed E-state index contributed by atoms with van der Waals surface area (Å²) < 4.78 is 0. The zero-order chi connectivity index (χ0) is 14.1. The zero-order valence-electron chi connectivity index (χ0n) is 12.2. The van der Waals surface area contributed by atoms with Gasteiger partial charge in [-0.15, -0.1) is 0 Å². The summed E-state index contributed by atoms with van der Waals surface area (Å²) in [5, 5.41) is 4.71. The summed E-state index contributed by atoms with van der Waals surface area (Å²) in [6.45, 7) is 5.43. The molecule has 1 aliphatic heterocycles. The third-order valence-electron chi connectivity index (χ3n) is 4.03. The molecule has 0 spiro atoms. The fourth-order valence-corrected chi connectivity index (χ4v) is 2.97. The number of anilines is 2. The molecule has 0 bridgehead atoms. The summed E-state index contributed by atoms with van der Waals surface area (Å²) in [5.41, 5.74) is 9.88. The van der Waals surface area contributed by atoms with Gasteiger partial charge in [0, 0.05) is 35.5 Å². The van der Waals surface area contributed by atoms with Crippen molar-refractivity contribution in [3.05, 3.63) is 30.0 Å².